The van der Waals surface area contributed by atoms with E-state index in [4.69, 9.17) is 21.7 Å². The summed E-state index contributed by atoms with van der Waals surface area (Å²) < 4.78 is 11.6. The monoisotopic (exact) mass is 565 g/mol. The Kier molecular flexibility index (Phi) is 10.9. The van der Waals surface area contributed by atoms with E-state index >= 15 is 0 Å². The number of ether oxygens (including phenoxy) is 2. The Hall–Kier alpha value is -3.23. The summed E-state index contributed by atoms with van der Waals surface area (Å²) in [6, 6.07) is 15.4. The average Bonchev–Trinajstić information content (AvgIpc) is 3.37. The molecule has 1 saturated heterocycles. The van der Waals surface area contributed by atoms with E-state index in [1.165, 1.54) is 11.8 Å². The zero-order chi connectivity index (χ0) is 27.5. The summed E-state index contributed by atoms with van der Waals surface area (Å²) in [7, 11) is 0. The predicted molar refractivity (Wildman–Crippen MR) is 155 cm³/mol. The largest absolute Gasteiger partial charge is 0.379 e. The molecule has 204 valence electrons. The molecule has 0 saturated carbocycles. The fourth-order valence-electron chi connectivity index (χ4n) is 4.15. The van der Waals surface area contributed by atoms with E-state index in [2.05, 4.69) is 17.2 Å². The molecule has 3 amide bonds. The van der Waals surface area contributed by atoms with E-state index in [9.17, 15) is 14.4 Å². The van der Waals surface area contributed by atoms with E-state index in [-0.39, 0.29) is 30.6 Å². The molecule has 2 heterocycles. The number of amides is 3. The number of hydrogen-bond donors (Lipinski definition) is 1. The Morgan fingerprint density at radius 3 is 2.33 bits per heavy atom. The van der Waals surface area contributed by atoms with Crippen molar-refractivity contribution in [3.63, 3.8) is 0 Å². The number of fused-ring (bicyclic) bond motifs is 2. The van der Waals surface area contributed by atoms with Crippen LogP contribution in [0.3, 0.4) is 0 Å². The fourth-order valence-corrected chi connectivity index (χ4v) is 5.39. The molecule has 0 bridgehead atoms. The topological polar surface area (TPSA) is 88.2 Å². The Morgan fingerprint density at radius 1 is 0.846 bits per heavy atom. The van der Waals surface area contributed by atoms with E-state index in [0.29, 0.717) is 56.8 Å². The van der Waals surface area contributed by atoms with Crippen LogP contribution in [0.2, 0.25) is 0 Å². The first-order chi connectivity index (χ1) is 19.0. The van der Waals surface area contributed by atoms with Crippen molar-refractivity contribution in [2.75, 3.05) is 50.2 Å². The lowest BCUT2D eigenvalue weighted by Gasteiger charge is -2.26. The number of benzene rings is 2. The molecular formula is C29H31N3O5S2. The first-order valence-corrected chi connectivity index (χ1v) is 14.3. The van der Waals surface area contributed by atoms with Gasteiger partial charge < -0.3 is 19.7 Å². The van der Waals surface area contributed by atoms with Gasteiger partial charge in [-0.25, -0.2) is 0 Å². The molecular weight excluding hydrogens is 534 g/mol. The Balaban J connectivity index is 1.12. The van der Waals surface area contributed by atoms with Crippen molar-refractivity contribution >= 4 is 51.7 Å². The van der Waals surface area contributed by atoms with Crippen LogP contribution < -0.4 is 10.2 Å². The zero-order valence-electron chi connectivity index (χ0n) is 21.6. The van der Waals surface area contributed by atoms with Crippen LogP contribution in [0.25, 0.3) is 0 Å². The van der Waals surface area contributed by atoms with Gasteiger partial charge in [0.05, 0.1) is 45.1 Å². The van der Waals surface area contributed by atoms with Gasteiger partial charge in [0.1, 0.15) is 4.32 Å². The zero-order valence-corrected chi connectivity index (χ0v) is 23.3. The molecule has 0 aromatic heterocycles. The highest BCUT2D eigenvalue weighted by atomic mass is 32.2. The second-order valence-corrected chi connectivity index (χ2v) is 10.6. The maximum absolute atomic E-state index is 13.2. The number of thioether (sulfide) groups is 1. The molecule has 2 aliphatic heterocycles. The van der Waals surface area contributed by atoms with E-state index in [1.54, 1.807) is 9.80 Å². The number of nitrogens with one attached hydrogen (secondary N) is 1. The standard InChI is InChI=1S/C29H31N3O5S2/c33-26(30-14-17-37-19-18-36-16-13-28(35)31-15-20-39-29(31)38)11-12-27(34)32-21-24-7-2-1-5-22(24)9-10-23-6-3-4-8-25(23)32/h1-8H,11-21H2,(H,30,33). The van der Waals surface area contributed by atoms with Gasteiger partial charge in [0, 0.05) is 42.8 Å². The Morgan fingerprint density at radius 2 is 1.54 bits per heavy atom. The molecule has 0 unspecified atom stereocenters. The summed E-state index contributed by atoms with van der Waals surface area (Å²) >= 11 is 6.67. The van der Waals surface area contributed by atoms with Crippen molar-refractivity contribution < 1.29 is 23.9 Å². The predicted octanol–water partition coefficient (Wildman–Crippen LogP) is 3.11. The van der Waals surface area contributed by atoms with Crippen molar-refractivity contribution in [3.8, 4) is 11.8 Å². The van der Waals surface area contributed by atoms with Gasteiger partial charge in [0.15, 0.2) is 0 Å². The number of carbonyl (C=O) groups is 3. The van der Waals surface area contributed by atoms with Crippen molar-refractivity contribution in [2.45, 2.75) is 25.8 Å². The fraction of sp³-hybridized carbons (Fsp3) is 0.379. The number of rotatable bonds is 12. The molecule has 2 aliphatic rings. The molecule has 4 rings (SSSR count). The van der Waals surface area contributed by atoms with Crippen molar-refractivity contribution in [2.24, 2.45) is 0 Å². The number of anilines is 1. The van der Waals surface area contributed by atoms with Crippen LogP contribution in [0.5, 0.6) is 0 Å². The third-order valence-electron chi connectivity index (χ3n) is 6.20. The van der Waals surface area contributed by atoms with Crippen molar-refractivity contribution in [3.05, 3.63) is 65.2 Å². The second-order valence-electron chi connectivity index (χ2n) is 8.89. The minimum Gasteiger partial charge on any atom is -0.379 e. The number of thiocarbonyl (C=S) groups is 1. The molecule has 10 heteroatoms. The summed E-state index contributed by atoms with van der Waals surface area (Å²) in [6.07, 6.45) is 0.462. The summed E-state index contributed by atoms with van der Waals surface area (Å²) in [4.78, 5) is 40.9. The SMILES string of the molecule is O=C(CCC(=O)N1Cc2ccccc2C#Cc2ccccc21)NCCOCCOCCC(=O)N1CCSC1=S. The molecule has 0 radical (unpaired) electrons. The van der Waals surface area contributed by atoms with Crippen LogP contribution in [-0.4, -0.2) is 72.2 Å². The Labute approximate surface area is 238 Å². The van der Waals surface area contributed by atoms with Crippen molar-refractivity contribution in [1.29, 1.82) is 0 Å². The van der Waals surface area contributed by atoms with Crippen LogP contribution >= 0.6 is 24.0 Å². The third-order valence-corrected chi connectivity index (χ3v) is 7.63. The van der Waals surface area contributed by atoms with Gasteiger partial charge in [0.25, 0.3) is 0 Å². The summed E-state index contributed by atoms with van der Waals surface area (Å²) in [6.45, 7) is 2.77. The maximum atomic E-state index is 13.2. The number of para-hydroxylation sites is 1. The molecule has 0 aliphatic carbocycles. The summed E-state index contributed by atoms with van der Waals surface area (Å²) in [5.41, 5.74) is 3.41. The van der Waals surface area contributed by atoms with Gasteiger partial charge in [-0.3, -0.25) is 19.3 Å². The van der Waals surface area contributed by atoms with Crippen LogP contribution in [0.1, 0.15) is 36.0 Å². The molecule has 2 aromatic carbocycles. The van der Waals surface area contributed by atoms with Gasteiger partial charge in [-0.05, 0) is 23.8 Å². The molecule has 2 aromatic rings. The van der Waals surface area contributed by atoms with Crippen molar-refractivity contribution in [1.82, 2.24) is 10.2 Å². The average molecular weight is 566 g/mol. The molecule has 0 spiro atoms. The van der Waals surface area contributed by atoms with E-state index in [0.717, 1.165) is 28.1 Å². The highest BCUT2D eigenvalue weighted by Gasteiger charge is 2.24. The van der Waals surface area contributed by atoms with Gasteiger partial charge in [-0.1, -0.05) is 66.2 Å². The quantitative estimate of drug-likeness (QED) is 0.240. The third kappa shape index (κ3) is 8.38. The number of nitrogens with zero attached hydrogens (tertiary/aromatic N) is 2. The van der Waals surface area contributed by atoms with E-state index < -0.39 is 0 Å². The smallest absolute Gasteiger partial charge is 0.230 e. The van der Waals surface area contributed by atoms with Crippen LogP contribution in [0.15, 0.2) is 48.5 Å². The maximum Gasteiger partial charge on any atom is 0.230 e. The number of carbonyl (C=O) groups excluding carboxylic acids is 3. The molecule has 1 fully saturated rings. The molecule has 8 nitrogen and oxygen atoms in total. The van der Waals surface area contributed by atoms with Gasteiger partial charge in [-0.2, -0.15) is 0 Å². The molecule has 1 N–H and O–H groups in total. The van der Waals surface area contributed by atoms with Gasteiger partial charge in [-0.15, -0.1) is 0 Å². The summed E-state index contributed by atoms with van der Waals surface area (Å²) in [5.74, 6) is 6.88. The van der Waals surface area contributed by atoms with Gasteiger partial charge in [0.2, 0.25) is 17.7 Å². The lowest BCUT2D eigenvalue weighted by atomic mass is 10.0. The van der Waals surface area contributed by atoms with Crippen LogP contribution in [-0.2, 0) is 30.4 Å². The van der Waals surface area contributed by atoms with Gasteiger partial charge >= 0.3 is 0 Å². The first-order valence-electron chi connectivity index (χ1n) is 12.9. The normalized spacial score (nSPS) is 14.0. The first kappa shape index (κ1) is 28.8. The second kappa shape index (κ2) is 14.8. The highest BCUT2D eigenvalue weighted by molar-refractivity contribution is 8.23. The minimum atomic E-state index is -0.208. The Bertz CT molecular complexity index is 1270. The van der Waals surface area contributed by atoms with Crippen LogP contribution in [0.4, 0.5) is 5.69 Å². The van der Waals surface area contributed by atoms with E-state index in [1.807, 2.05) is 48.5 Å². The number of hydrogen-bond acceptors (Lipinski definition) is 7. The lowest BCUT2D eigenvalue weighted by molar-refractivity contribution is -0.128. The molecule has 39 heavy (non-hydrogen) atoms. The minimum absolute atomic E-state index is 0.0128. The van der Waals surface area contributed by atoms with Crippen LogP contribution in [0, 0.1) is 11.8 Å². The lowest BCUT2D eigenvalue weighted by Crippen LogP contribution is -2.34. The highest BCUT2D eigenvalue weighted by Crippen LogP contribution is 2.26. The summed E-state index contributed by atoms with van der Waals surface area (Å²) in [5, 5.41) is 2.79. The molecule has 0 atom stereocenters.